The fraction of sp³-hybridized carbons (Fsp3) is 0.158. The van der Waals surface area contributed by atoms with Crippen molar-refractivity contribution >= 4 is 22.8 Å². The predicted molar refractivity (Wildman–Crippen MR) is 91.9 cm³/mol. The van der Waals surface area contributed by atoms with E-state index in [4.69, 9.17) is 10.5 Å². The maximum atomic E-state index is 12.2. The van der Waals surface area contributed by atoms with Crippen molar-refractivity contribution in [3.05, 3.63) is 70.9 Å². The number of para-hydroxylation sites is 1. The molecule has 0 saturated carbocycles. The summed E-state index contributed by atoms with van der Waals surface area (Å²) < 4.78 is 4.77. The Bertz CT molecular complexity index is 927. The number of nitrogens with one attached hydrogen (secondary N) is 1. The Labute approximate surface area is 139 Å². The maximum Gasteiger partial charge on any atom is 0.337 e. The van der Waals surface area contributed by atoms with E-state index in [9.17, 15) is 9.59 Å². The zero-order chi connectivity index (χ0) is 17.3. The SMILES string of the molecule is COC(=O)c1ccc(C)c(C(C(N)=O)c2c[nH]c3ccccc23)c1. The molecule has 5 heteroatoms. The number of ether oxygens (including phenoxy) is 1. The third kappa shape index (κ3) is 2.65. The number of aryl methyl sites for hydroxylation is 1. The van der Waals surface area contributed by atoms with Crippen molar-refractivity contribution in [2.24, 2.45) is 5.73 Å². The van der Waals surface area contributed by atoms with Gasteiger partial charge >= 0.3 is 5.97 Å². The molecule has 5 nitrogen and oxygen atoms in total. The summed E-state index contributed by atoms with van der Waals surface area (Å²) in [6, 6.07) is 12.9. The van der Waals surface area contributed by atoms with E-state index in [0.29, 0.717) is 11.1 Å². The normalized spacial score (nSPS) is 12.1. The van der Waals surface area contributed by atoms with Crippen LogP contribution in [0.3, 0.4) is 0 Å². The van der Waals surface area contributed by atoms with Crippen LogP contribution in [0.4, 0.5) is 0 Å². The zero-order valence-corrected chi connectivity index (χ0v) is 13.5. The highest BCUT2D eigenvalue weighted by atomic mass is 16.5. The molecule has 1 unspecified atom stereocenters. The number of hydrogen-bond acceptors (Lipinski definition) is 3. The van der Waals surface area contributed by atoms with Crippen molar-refractivity contribution in [1.29, 1.82) is 0 Å². The maximum absolute atomic E-state index is 12.2. The molecule has 2 aromatic carbocycles. The van der Waals surface area contributed by atoms with Gasteiger partial charge in [0.2, 0.25) is 5.91 Å². The number of aromatic nitrogens is 1. The number of hydrogen-bond donors (Lipinski definition) is 2. The Hall–Kier alpha value is -3.08. The third-order valence-corrected chi connectivity index (χ3v) is 4.23. The van der Waals surface area contributed by atoms with Crippen LogP contribution in [0.25, 0.3) is 10.9 Å². The molecule has 24 heavy (non-hydrogen) atoms. The molecule has 3 N–H and O–H groups in total. The number of carbonyl (C=O) groups excluding carboxylic acids is 2. The van der Waals surface area contributed by atoms with Crippen LogP contribution in [-0.2, 0) is 9.53 Å². The number of rotatable bonds is 4. The summed E-state index contributed by atoms with van der Waals surface area (Å²) in [6.07, 6.45) is 1.80. The third-order valence-electron chi connectivity index (χ3n) is 4.23. The minimum atomic E-state index is -0.647. The van der Waals surface area contributed by atoms with Gasteiger partial charge < -0.3 is 15.5 Å². The molecule has 0 radical (unpaired) electrons. The molecule has 1 amide bonds. The number of nitrogens with two attached hydrogens (primary N) is 1. The number of amides is 1. The number of esters is 1. The van der Waals surface area contributed by atoms with Crippen molar-refractivity contribution in [2.45, 2.75) is 12.8 Å². The molecule has 0 aliphatic heterocycles. The van der Waals surface area contributed by atoms with Gasteiger partial charge in [-0.3, -0.25) is 4.79 Å². The van der Waals surface area contributed by atoms with Crippen molar-refractivity contribution in [2.75, 3.05) is 7.11 Å². The van der Waals surface area contributed by atoms with Gasteiger partial charge in [0.05, 0.1) is 18.6 Å². The van der Waals surface area contributed by atoms with Crippen LogP contribution >= 0.6 is 0 Å². The fourth-order valence-electron chi connectivity index (χ4n) is 3.00. The highest BCUT2D eigenvalue weighted by molar-refractivity contribution is 5.95. The summed E-state index contributed by atoms with van der Waals surface area (Å²) in [4.78, 5) is 27.2. The lowest BCUT2D eigenvalue weighted by Crippen LogP contribution is -2.23. The van der Waals surface area contributed by atoms with Crippen LogP contribution in [0.15, 0.2) is 48.7 Å². The molecular weight excluding hydrogens is 304 g/mol. The molecule has 1 aromatic heterocycles. The number of carbonyl (C=O) groups is 2. The van der Waals surface area contributed by atoms with Gasteiger partial charge in [-0.05, 0) is 41.8 Å². The highest BCUT2D eigenvalue weighted by Gasteiger charge is 2.25. The summed E-state index contributed by atoms with van der Waals surface area (Å²) in [5, 5.41) is 0.934. The van der Waals surface area contributed by atoms with E-state index >= 15 is 0 Å². The van der Waals surface area contributed by atoms with Crippen LogP contribution in [-0.4, -0.2) is 24.0 Å². The molecule has 0 bridgehead atoms. The second kappa shape index (κ2) is 6.20. The van der Waals surface area contributed by atoms with E-state index in [1.807, 2.05) is 31.2 Å². The number of fused-ring (bicyclic) bond motifs is 1. The predicted octanol–water partition coefficient (Wildman–Crippen LogP) is 2.88. The van der Waals surface area contributed by atoms with Gasteiger partial charge in [0.25, 0.3) is 0 Å². The molecular formula is C19H18N2O3. The van der Waals surface area contributed by atoms with Crippen LogP contribution < -0.4 is 5.73 Å². The minimum absolute atomic E-state index is 0.393. The van der Waals surface area contributed by atoms with Gasteiger partial charge in [-0.15, -0.1) is 0 Å². The molecule has 1 atom stereocenters. The molecule has 0 aliphatic carbocycles. The highest BCUT2D eigenvalue weighted by Crippen LogP contribution is 2.33. The summed E-state index contributed by atoms with van der Waals surface area (Å²) in [7, 11) is 1.33. The molecule has 0 aliphatic rings. The Morgan fingerprint density at radius 1 is 1.12 bits per heavy atom. The lowest BCUT2D eigenvalue weighted by molar-refractivity contribution is -0.118. The smallest absolute Gasteiger partial charge is 0.337 e. The largest absolute Gasteiger partial charge is 0.465 e. The average molecular weight is 322 g/mol. The molecule has 1 heterocycles. The monoisotopic (exact) mass is 322 g/mol. The Morgan fingerprint density at radius 3 is 2.58 bits per heavy atom. The van der Waals surface area contributed by atoms with Crippen LogP contribution in [0, 0.1) is 6.92 Å². The topological polar surface area (TPSA) is 85.2 Å². The second-order valence-corrected chi connectivity index (χ2v) is 5.69. The molecule has 3 aromatic rings. The molecule has 0 saturated heterocycles. The van der Waals surface area contributed by atoms with Crippen molar-refractivity contribution < 1.29 is 14.3 Å². The second-order valence-electron chi connectivity index (χ2n) is 5.69. The van der Waals surface area contributed by atoms with E-state index in [-0.39, 0.29) is 0 Å². The number of methoxy groups -OCH3 is 1. The Morgan fingerprint density at radius 2 is 1.88 bits per heavy atom. The molecule has 0 fully saturated rings. The van der Waals surface area contributed by atoms with Gasteiger partial charge in [-0.2, -0.15) is 0 Å². The van der Waals surface area contributed by atoms with Gasteiger partial charge in [-0.1, -0.05) is 24.3 Å². The lowest BCUT2D eigenvalue weighted by Gasteiger charge is -2.17. The van der Waals surface area contributed by atoms with Crippen LogP contribution in [0.1, 0.15) is 33.0 Å². The van der Waals surface area contributed by atoms with Crippen molar-refractivity contribution in [1.82, 2.24) is 4.98 Å². The van der Waals surface area contributed by atoms with E-state index in [0.717, 1.165) is 22.0 Å². The summed E-state index contributed by atoms with van der Waals surface area (Å²) in [5.74, 6) is -1.56. The molecule has 0 spiro atoms. The Balaban J connectivity index is 2.19. The Kier molecular flexibility index (Phi) is 4.08. The first kappa shape index (κ1) is 15.8. The number of primary amides is 1. The van der Waals surface area contributed by atoms with Crippen LogP contribution in [0.2, 0.25) is 0 Å². The first-order chi connectivity index (χ1) is 11.5. The van der Waals surface area contributed by atoms with Crippen molar-refractivity contribution in [3.63, 3.8) is 0 Å². The molecule has 122 valence electrons. The van der Waals surface area contributed by atoms with E-state index in [1.165, 1.54) is 7.11 Å². The number of aromatic amines is 1. The fourth-order valence-corrected chi connectivity index (χ4v) is 3.00. The van der Waals surface area contributed by atoms with Gasteiger partial charge in [0, 0.05) is 17.1 Å². The van der Waals surface area contributed by atoms with E-state index in [2.05, 4.69) is 4.98 Å². The zero-order valence-electron chi connectivity index (χ0n) is 13.5. The van der Waals surface area contributed by atoms with Gasteiger partial charge in [0.1, 0.15) is 0 Å². The first-order valence-electron chi connectivity index (χ1n) is 7.57. The number of benzene rings is 2. The quantitative estimate of drug-likeness (QED) is 0.724. The minimum Gasteiger partial charge on any atom is -0.465 e. The summed E-state index contributed by atoms with van der Waals surface area (Å²) >= 11 is 0. The molecule has 3 rings (SSSR count). The summed E-state index contributed by atoms with van der Waals surface area (Å²) in [5.41, 5.74) is 9.42. The van der Waals surface area contributed by atoms with Crippen molar-refractivity contribution in [3.8, 4) is 0 Å². The van der Waals surface area contributed by atoms with Gasteiger partial charge in [-0.25, -0.2) is 4.79 Å². The summed E-state index contributed by atoms with van der Waals surface area (Å²) in [6.45, 7) is 1.89. The average Bonchev–Trinajstić information content (AvgIpc) is 3.00. The van der Waals surface area contributed by atoms with Gasteiger partial charge in [0.15, 0.2) is 0 Å². The van der Waals surface area contributed by atoms with Crippen LogP contribution in [0.5, 0.6) is 0 Å². The first-order valence-corrected chi connectivity index (χ1v) is 7.57. The van der Waals surface area contributed by atoms with E-state index < -0.39 is 17.8 Å². The standard InChI is InChI=1S/C19H18N2O3/c1-11-7-8-12(19(23)24-2)9-14(11)17(18(20)22)15-10-21-16-6-4-3-5-13(15)16/h3-10,17,21H,1-2H3,(H2,20,22). The lowest BCUT2D eigenvalue weighted by atomic mass is 9.86. The number of H-pyrrole nitrogens is 1. The van der Waals surface area contributed by atoms with E-state index in [1.54, 1.807) is 24.4 Å².